The Hall–Kier alpha value is -1.24. The number of aromatic nitrogens is 2. The Balaban J connectivity index is 1.80. The summed E-state index contributed by atoms with van der Waals surface area (Å²) in [6.45, 7) is 2.44. The van der Waals surface area contributed by atoms with Crippen molar-refractivity contribution >= 4 is 28.1 Å². The van der Waals surface area contributed by atoms with Crippen molar-refractivity contribution in [2.24, 2.45) is 0 Å². The zero-order chi connectivity index (χ0) is 14.1. The number of fused-ring (bicyclic) bond motifs is 1. The van der Waals surface area contributed by atoms with Gasteiger partial charge in [-0.2, -0.15) is 0 Å². The topological polar surface area (TPSA) is 51.9 Å². The molecule has 2 aromatic rings. The summed E-state index contributed by atoms with van der Waals surface area (Å²) in [5, 5.41) is 0. The molecular weight excluding hydrogens is 338 g/mol. The smallest absolute Gasteiger partial charge is 0.256 e. The van der Waals surface area contributed by atoms with E-state index in [1.54, 1.807) is 0 Å². The average molecular weight is 352 g/mol. The number of hydrogen-bond acceptors (Lipinski definition) is 3. The number of nitrogens with zero attached hydrogens (tertiary/aromatic N) is 1. The first-order valence-corrected chi connectivity index (χ1v) is 7.63. The third-order valence-electron chi connectivity index (χ3n) is 3.51. The van der Waals surface area contributed by atoms with E-state index in [1.807, 2.05) is 12.1 Å². The van der Waals surface area contributed by atoms with Crippen molar-refractivity contribution in [1.29, 1.82) is 0 Å². The number of benzene rings is 1. The van der Waals surface area contributed by atoms with Crippen LogP contribution in [0.4, 0.5) is 0 Å². The van der Waals surface area contributed by atoms with E-state index in [1.165, 1.54) is 5.56 Å². The molecule has 20 heavy (non-hydrogen) atoms. The van der Waals surface area contributed by atoms with Crippen LogP contribution in [0.1, 0.15) is 16.8 Å². The molecule has 1 aliphatic rings. The molecule has 3 rings (SSSR count). The van der Waals surface area contributed by atoms with Crippen LogP contribution < -0.4 is 5.56 Å². The van der Waals surface area contributed by atoms with E-state index >= 15 is 0 Å². The summed E-state index contributed by atoms with van der Waals surface area (Å²) in [5.74, 6) is 0. The van der Waals surface area contributed by atoms with Gasteiger partial charge in [0.1, 0.15) is 0 Å². The number of halogens is 1. The first-order chi connectivity index (χ1) is 9.61. The van der Waals surface area contributed by atoms with Crippen molar-refractivity contribution in [2.75, 3.05) is 6.54 Å². The van der Waals surface area contributed by atoms with Crippen LogP contribution in [-0.2, 0) is 19.5 Å². The standard InChI is InChI=1S/C14H14BrN3OS/c15-10-3-1-9(2-4-10)7-18-6-5-12-11(8-18)13(19)17-14(20)16-12/h1-4H,5-8H2,(H2,16,17,19,20). The molecule has 0 saturated heterocycles. The molecule has 0 unspecified atom stereocenters. The van der Waals surface area contributed by atoms with Crippen molar-refractivity contribution < 1.29 is 0 Å². The zero-order valence-electron chi connectivity index (χ0n) is 10.8. The van der Waals surface area contributed by atoms with Crippen LogP contribution >= 0.6 is 28.1 Å². The largest absolute Gasteiger partial charge is 0.335 e. The Morgan fingerprint density at radius 3 is 2.75 bits per heavy atom. The Kier molecular flexibility index (Phi) is 3.87. The molecule has 0 fully saturated rings. The van der Waals surface area contributed by atoms with Gasteiger partial charge in [0.2, 0.25) is 0 Å². The predicted molar refractivity (Wildman–Crippen MR) is 84.2 cm³/mol. The monoisotopic (exact) mass is 351 g/mol. The van der Waals surface area contributed by atoms with Crippen LogP contribution in [0.3, 0.4) is 0 Å². The third-order valence-corrected chi connectivity index (χ3v) is 4.24. The predicted octanol–water partition coefficient (Wildman–Crippen LogP) is 2.75. The van der Waals surface area contributed by atoms with Crippen LogP contribution in [0.25, 0.3) is 0 Å². The molecule has 0 spiro atoms. The van der Waals surface area contributed by atoms with Gasteiger partial charge < -0.3 is 4.98 Å². The number of aromatic amines is 2. The fourth-order valence-electron chi connectivity index (χ4n) is 2.50. The van der Waals surface area contributed by atoms with Crippen molar-refractivity contribution in [1.82, 2.24) is 14.9 Å². The number of H-pyrrole nitrogens is 2. The van der Waals surface area contributed by atoms with Crippen LogP contribution in [0.5, 0.6) is 0 Å². The van der Waals surface area contributed by atoms with E-state index in [4.69, 9.17) is 12.2 Å². The lowest BCUT2D eigenvalue weighted by Gasteiger charge is -2.27. The van der Waals surface area contributed by atoms with E-state index in [9.17, 15) is 4.79 Å². The van der Waals surface area contributed by atoms with Crippen molar-refractivity contribution in [3.8, 4) is 0 Å². The molecule has 2 N–H and O–H groups in total. The van der Waals surface area contributed by atoms with E-state index in [-0.39, 0.29) is 5.56 Å². The molecule has 6 heteroatoms. The van der Waals surface area contributed by atoms with Gasteiger partial charge in [0, 0.05) is 36.2 Å². The van der Waals surface area contributed by atoms with Crippen molar-refractivity contribution in [2.45, 2.75) is 19.5 Å². The Morgan fingerprint density at radius 1 is 1.25 bits per heavy atom. The molecule has 0 aliphatic carbocycles. The van der Waals surface area contributed by atoms with Gasteiger partial charge in [-0.05, 0) is 29.9 Å². The van der Waals surface area contributed by atoms with Gasteiger partial charge >= 0.3 is 0 Å². The van der Waals surface area contributed by atoms with Crippen LogP contribution in [0.2, 0.25) is 0 Å². The van der Waals surface area contributed by atoms with E-state index in [2.05, 4.69) is 42.9 Å². The van der Waals surface area contributed by atoms with Gasteiger partial charge in [0.15, 0.2) is 4.77 Å². The summed E-state index contributed by atoms with van der Waals surface area (Å²) in [4.78, 5) is 20.0. The lowest BCUT2D eigenvalue weighted by molar-refractivity contribution is 0.241. The first kappa shape index (κ1) is 13.7. The quantitative estimate of drug-likeness (QED) is 0.818. The number of hydrogen-bond donors (Lipinski definition) is 2. The van der Waals surface area contributed by atoms with Gasteiger partial charge in [0.05, 0.1) is 5.56 Å². The van der Waals surface area contributed by atoms with Gasteiger partial charge in [-0.15, -0.1) is 0 Å². The summed E-state index contributed by atoms with van der Waals surface area (Å²) in [7, 11) is 0. The van der Waals surface area contributed by atoms with Crippen molar-refractivity contribution in [3.05, 3.63) is 60.7 Å². The normalized spacial score (nSPS) is 15.1. The average Bonchev–Trinajstić information content (AvgIpc) is 2.42. The summed E-state index contributed by atoms with van der Waals surface area (Å²) < 4.78 is 1.49. The Labute approximate surface area is 130 Å². The van der Waals surface area contributed by atoms with Gasteiger partial charge in [-0.1, -0.05) is 28.1 Å². The fourth-order valence-corrected chi connectivity index (χ4v) is 2.98. The summed E-state index contributed by atoms with van der Waals surface area (Å²) in [6.07, 6.45) is 0.833. The molecule has 1 aliphatic heterocycles. The lowest BCUT2D eigenvalue weighted by atomic mass is 10.1. The van der Waals surface area contributed by atoms with Gasteiger partial charge in [-0.3, -0.25) is 14.7 Å². The highest BCUT2D eigenvalue weighted by atomic mass is 79.9. The number of nitrogens with one attached hydrogen (secondary N) is 2. The highest BCUT2D eigenvalue weighted by molar-refractivity contribution is 9.10. The SMILES string of the molecule is O=c1[nH]c(=S)[nH]c2c1CN(Cc1ccc(Br)cc1)CC2. The minimum Gasteiger partial charge on any atom is -0.335 e. The summed E-state index contributed by atoms with van der Waals surface area (Å²) >= 11 is 8.44. The fraction of sp³-hybridized carbons (Fsp3) is 0.286. The zero-order valence-corrected chi connectivity index (χ0v) is 13.2. The molecule has 1 aromatic heterocycles. The molecule has 104 valence electrons. The van der Waals surface area contributed by atoms with Crippen LogP contribution in [-0.4, -0.2) is 21.4 Å². The number of rotatable bonds is 2. The van der Waals surface area contributed by atoms with E-state index in [0.29, 0.717) is 11.3 Å². The summed E-state index contributed by atoms with van der Waals surface area (Å²) in [6, 6.07) is 8.28. The molecule has 1 aromatic carbocycles. The first-order valence-electron chi connectivity index (χ1n) is 6.43. The summed E-state index contributed by atoms with van der Waals surface area (Å²) in [5.41, 5.74) is 2.97. The maximum absolute atomic E-state index is 12.0. The minimum absolute atomic E-state index is 0.0655. The van der Waals surface area contributed by atoms with Crippen LogP contribution in [0, 0.1) is 4.77 Å². The maximum Gasteiger partial charge on any atom is 0.256 e. The van der Waals surface area contributed by atoms with Gasteiger partial charge in [0.25, 0.3) is 5.56 Å². The highest BCUT2D eigenvalue weighted by Crippen LogP contribution is 2.17. The van der Waals surface area contributed by atoms with E-state index in [0.717, 1.165) is 35.2 Å². The third kappa shape index (κ3) is 2.92. The molecule has 0 saturated carbocycles. The van der Waals surface area contributed by atoms with Crippen molar-refractivity contribution in [3.63, 3.8) is 0 Å². The Morgan fingerprint density at radius 2 is 2.00 bits per heavy atom. The minimum atomic E-state index is -0.0655. The maximum atomic E-state index is 12.0. The van der Waals surface area contributed by atoms with E-state index < -0.39 is 0 Å². The second-order valence-corrected chi connectivity index (χ2v) is 6.28. The molecule has 2 heterocycles. The molecule has 0 bridgehead atoms. The second kappa shape index (κ2) is 5.63. The Bertz CT molecular complexity index is 735. The molecule has 0 radical (unpaired) electrons. The van der Waals surface area contributed by atoms with Gasteiger partial charge in [-0.25, -0.2) is 0 Å². The highest BCUT2D eigenvalue weighted by Gasteiger charge is 2.19. The molecular formula is C14H14BrN3OS. The van der Waals surface area contributed by atoms with Crippen LogP contribution in [0.15, 0.2) is 33.5 Å². The second-order valence-electron chi connectivity index (χ2n) is 4.95. The molecule has 4 nitrogen and oxygen atoms in total. The lowest BCUT2D eigenvalue weighted by Crippen LogP contribution is -2.35. The molecule has 0 atom stereocenters. The molecule has 0 amide bonds.